The Balaban J connectivity index is 1.08. The monoisotopic (exact) mass is 563 g/mol. The summed E-state index contributed by atoms with van der Waals surface area (Å²) < 4.78 is 57.0. The Kier molecular flexibility index (Phi) is 7.54. The standard InChI is InChI=1S/C29H37F4N5O2/c30-23-15-35-27(34-14-18-3-1-2-4-24(18)40-29(31,32)33)38-26(23)36-16-28-11-17-9-19(12-28)25(20(10-17)13-28)37-21-5-7-22(39)8-6-21/h1-4,15,17,19-22,25,37,39H,5-14,16H2,(H2,34,35,36,38)/t17?,19-,20+,21?,22?,25?,28?. The number of ether oxygens (including phenoxy) is 1. The summed E-state index contributed by atoms with van der Waals surface area (Å²) in [5.41, 5.74) is 0.388. The van der Waals surface area contributed by atoms with Crippen molar-refractivity contribution in [2.24, 2.45) is 23.2 Å². The third kappa shape index (κ3) is 6.15. The van der Waals surface area contributed by atoms with Crippen molar-refractivity contribution >= 4 is 11.8 Å². The van der Waals surface area contributed by atoms with Crippen LogP contribution in [0.25, 0.3) is 0 Å². The van der Waals surface area contributed by atoms with Gasteiger partial charge in [0.15, 0.2) is 11.6 Å². The number of alkyl halides is 3. The second kappa shape index (κ2) is 11.0. The summed E-state index contributed by atoms with van der Waals surface area (Å²) in [6.45, 7) is 0.620. The number of benzene rings is 1. The fourth-order valence-electron chi connectivity index (χ4n) is 8.09. The van der Waals surface area contributed by atoms with Crippen molar-refractivity contribution in [2.45, 2.75) is 88.9 Å². The summed E-state index contributed by atoms with van der Waals surface area (Å²) in [6.07, 6.45) is 5.82. The lowest BCUT2D eigenvalue weighted by Crippen LogP contribution is -2.61. The highest BCUT2D eigenvalue weighted by Crippen LogP contribution is 2.60. The minimum absolute atomic E-state index is 0.0132. The zero-order chi connectivity index (χ0) is 27.9. The van der Waals surface area contributed by atoms with Crippen molar-refractivity contribution in [2.75, 3.05) is 17.2 Å². The van der Waals surface area contributed by atoms with Crippen LogP contribution in [0.5, 0.6) is 5.75 Å². The van der Waals surface area contributed by atoms with E-state index in [0.717, 1.165) is 51.1 Å². The van der Waals surface area contributed by atoms with E-state index in [4.69, 9.17) is 0 Å². The molecule has 4 bridgehead atoms. The van der Waals surface area contributed by atoms with Gasteiger partial charge in [0.25, 0.3) is 0 Å². The van der Waals surface area contributed by atoms with Crippen LogP contribution in [0.4, 0.5) is 29.3 Å². The maximum absolute atomic E-state index is 14.7. The van der Waals surface area contributed by atoms with Crippen LogP contribution in [-0.4, -0.2) is 46.2 Å². The van der Waals surface area contributed by atoms with E-state index in [2.05, 4.69) is 30.7 Å². The fraction of sp³-hybridized carbons (Fsp3) is 0.655. The minimum Gasteiger partial charge on any atom is -0.405 e. The number of anilines is 2. The number of nitrogens with one attached hydrogen (secondary N) is 3. The first-order valence-electron chi connectivity index (χ1n) is 14.4. The van der Waals surface area contributed by atoms with E-state index in [9.17, 15) is 22.7 Å². The van der Waals surface area contributed by atoms with Gasteiger partial charge in [-0.2, -0.15) is 4.98 Å². The maximum Gasteiger partial charge on any atom is 0.573 e. The van der Waals surface area contributed by atoms with Gasteiger partial charge in [0.2, 0.25) is 5.95 Å². The topological polar surface area (TPSA) is 91.3 Å². The molecule has 1 heterocycles. The number of aliphatic hydroxyl groups is 1. The van der Waals surface area contributed by atoms with Crippen molar-refractivity contribution in [3.63, 3.8) is 0 Å². The summed E-state index contributed by atoms with van der Waals surface area (Å²) in [7, 11) is 0. The largest absolute Gasteiger partial charge is 0.573 e. The van der Waals surface area contributed by atoms with Gasteiger partial charge < -0.3 is 25.8 Å². The molecular weight excluding hydrogens is 526 g/mol. The lowest BCUT2D eigenvalue weighted by Gasteiger charge is -2.61. The Morgan fingerprint density at radius 1 is 1.00 bits per heavy atom. The molecule has 1 aromatic carbocycles. The van der Waals surface area contributed by atoms with Gasteiger partial charge in [-0.3, -0.25) is 0 Å². The highest BCUT2D eigenvalue weighted by molar-refractivity contribution is 5.43. The van der Waals surface area contributed by atoms with Crippen molar-refractivity contribution in [1.82, 2.24) is 15.3 Å². The molecule has 4 N–H and O–H groups in total. The molecule has 5 aliphatic carbocycles. The lowest BCUT2D eigenvalue weighted by molar-refractivity contribution is -0.274. The van der Waals surface area contributed by atoms with Crippen molar-refractivity contribution < 1.29 is 27.4 Å². The van der Waals surface area contributed by atoms with Crippen LogP contribution in [0, 0.1) is 29.0 Å². The van der Waals surface area contributed by atoms with Gasteiger partial charge >= 0.3 is 6.36 Å². The molecule has 40 heavy (non-hydrogen) atoms. The Morgan fingerprint density at radius 3 is 2.45 bits per heavy atom. The molecule has 5 fully saturated rings. The average Bonchev–Trinajstić information content (AvgIpc) is 2.90. The molecule has 1 aromatic heterocycles. The molecule has 5 aliphatic rings. The number of hydrogen-bond acceptors (Lipinski definition) is 7. The second-order valence-corrected chi connectivity index (χ2v) is 12.4. The number of halogens is 4. The zero-order valence-corrected chi connectivity index (χ0v) is 22.4. The van der Waals surface area contributed by atoms with Gasteiger partial charge in [0, 0.05) is 30.7 Å². The fourth-order valence-corrected chi connectivity index (χ4v) is 8.09. The van der Waals surface area contributed by atoms with E-state index in [1.54, 1.807) is 6.07 Å². The Bertz CT molecular complexity index is 1170. The van der Waals surface area contributed by atoms with Crippen LogP contribution in [-0.2, 0) is 6.54 Å². The summed E-state index contributed by atoms with van der Waals surface area (Å²) in [5.74, 6) is 1.30. The van der Waals surface area contributed by atoms with E-state index in [-0.39, 0.29) is 41.1 Å². The van der Waals surface area contributed by atoms with E-state index < -0.39 is 12.2 Å². The number of rotatable bonds is 9. The van der Waals surface area contributed by atoms with Gasteiger partial charge in [0.05, 0.1) is 12.3 Å². The Morgan fingerprint density at radius 2 is 1.73 bits per heavy atom. The van der Waals surface area contributed by atoms with Crippen LogP contribution in [0.15, 0.2) is 30.5 Å². The van der Waals surface area contributed by atoms with Crippen LogP contribution < -0.4 is 20.7 Å². The molecule has 7 rings (SSSR count). The van der Waals surface area contributed by atoms with E-state index in [1.807, 2.05) is 0 Å². The van der Waals surface area contributed by atoms with Crippen LogP contribution >= 0.6 is 0 Å². The molecule has 5 atom stereocenters. The van der Waals surface area contributed by atoms with Gasteiger partial charge in [-0.1, -0.05) is 18.2 Å². The Hall–Kier alpha value is -2.66. The minimum atomic E-state index is -4.80. The molecule has 7 nitrogen and oxygen atoms in total. The second-order valence-electron chi connectivity index (χ2n) is 12.4. The summed E-state index contributed by atoms with van der Waals surface area (Å²) >= 11 is 0. The third-order valence-electron chi connectivity index (χ3n) is 9.54. The predicted molar refractivity (Wildman–Crippen MR) is 142 cm³/mol. The number of para-hydroxylation sites is 1. The molecule has 218 valence electrons. The first-order valence-corrected chi connectivity index (χ1v) is 14.4. The number of hydrogen-bond donors (Lipinski definition) is 4. The zero-order valence-electron chi connectivity index (χ0n) is 22.4. The van der Waals surface area contributed by atoms with Crippen LogP contribution in [0.1, 0.15) is 63.4 Å². The highest BCUT2D eigenvalue weighted by Gasteiger charge is 2.55. The molecule has 11 heteroatoms. The average molecular weight is 564 g/mol. The van der Waals surface area contributed by atoms with E-state index in [1.165, 1.54) is 31.0 Å². The molecule has 0 radical (unpaired) electrons. The summed E-state index contributed by atoms with van der Waals surface area (Å²) in [6, 6.07) is 6.86. The van der Waals surface area contributed by atoms with Crippen LogP contribution in [0.2, 0.25) is 0 Å². The summed E-state index contributed by atoms with van der Waals surface area (Å²) in [4.78, 5) is 8.28. The van der Waals surface area contributed by atoms with Gasteiger partial charge in [0.1, 0.15) is 5.75 Å². The highest BCUT2D eigenvalue weighted by atomic mass is 19.4. The predicted octanol–water partition coefficient (Wildman–Crippen LogP) is 5.63. The molecular formula is C29H37F4N5O2. The maximum atomic E-state index is 14.7. The van der Waals surface area contributed by atoms with E-state index >= 15 is 0 Å². The SMILES string of the molecule is OC1CCC(NC2[C@@H]3CC4C[C@H]2CC(CNc2nc(NCc5ccccc5OC(F)(F)F)ncc2F)(C4)C3)CC1. The number of nitrogens with zero attached hydrogens (tertiary/aromatic N) is 2. The van der Waals surface area contributed by atoms with Gasteiger partial charge in [-0.05, 0) is 87.0 Å². The first kappa shape index (κ1) is 27.5. The normalized spacial score (nSPS) is 33.1. The molecule has 0 spiro atoms. The lowest BCUT2D eigenvalue weighted by atomic mass is 9.47. The van der Waals surface area contributed by atoms with Crippen molar-refractivity contribution in [3.8, 4) is 5.75 Å². The van der Waals surface area contributed by atoms with E-state index in [0.29, 0.717) is 36.4 Å². The Labute approximate surface area is 231 Å². The smallest absolute Gasteiger partial charge is 0.405 e. The number of aromatic nitrogens is 2. The molecule has 5 saturated carbocycles. The number of aliphatic hydroxyl groups excluding tert-OH is 1. The van der Waals surface area contributed by atoms with Crippen molar-refractivity contribution in [3.05, 3.63) is 41.8 Å². The van der Waals surface area contributed by atoms with Crippen LogP contribution in [0.3, 0.4) is 0 Å². The third-order valence-corrected chi connectivity index (χ3v) is 9.54. The van der Waals surface area contributed by atoms with Crippen molar-refractivity contribution in [1.29, 1.82) is 0 Å². The molecule has 2 aromatic rings. The molecule has 0 aliphatic heterocycles. The quantitative estimate of drug-likeness (QED) is 0.294. The van der Waals surface area contributed by atoms with Gasteiger partial charge in [-0.25, -0.2) is 9.37 Å². The molecule has 3 unspecified atom stereocenters. The van der Waals surface area contributed by atoms with Gasteiger partial charge in [-0.15, -0.1) is 13.2 Å². The first-order chi connectivity index (χ1) is 19.1. The molecule has 0 saturated heterocycles. The molecule has 0 amide bonds. The summed E-state index contributed by atoms with van der Waals surface area (Å²) in [5, 5.41) is 20.0.